The van der Waals surface area contributed by atoms with Crippen LogP contribution in [0.2, 0.25) is 0 Å². The molecular weight excluding hydrogens is 246 g/mol. The van der Waals surface area contributed by atoms with E-state index in [1.165, 1.54) is 0 Å². The summed E-state index contributed by atoms with van der Waals surface area (Å²) in [5, 5.41) is 2.99. The van der Waals surface area contributed by atoms with Crippen molar-refractivity contribution in [3.63, 3.8) is 0 Å². The van der Waals surface area contributed by atoms with Crippen LogP contribution in [0.15, 0.2) is 24.3 Å². The van der Waals surface area contributed by atoms with Gasteiger partial charge in [0.15, 0.2) is 0 Å². The second-order valence-electron chi connectivity index (χ2n) is 4.60. The van der Waals surface area contributed by atoms with E-state index in [1.807, 2.05) is 24.3 Å². The van der Waals surface area contributed by atoms with Crippen molar-refractivity contribution in [3.05, 3.63) is 29.8 Å². The Bertz CT molecular complexity index is 373. The minimum absolute atomic E-state index is 0.125. The Balaban J connectivity index is 2.66. The van der Waals surface area contributed by atoms with Gasteiger partial charge in [-0.1, -0.05) is 38.8 Å². The SMILES string of the molecule is CCCC(CCC)C(=O)Nc1cccc(CCl)c1. The van der Waals surface area contributed by atoms with E-state index in [0.717, 1.165) is 36.9 Å². The number of halogens is 1. The fourth-order valence-electron chi connectivity index (χ4n) is 2.08. The normalized spacial score (nSPS) is 10.7. The molecule has 18 heavy (non-hydrogen) atoms. The van der Waals surface area contributed by atoms with Crippen LogP contribution in [0.1, 0.15) is 45.1 Å². The molecule has 0 spiro atoms. The van der Waals surface area contributed by atoms with Gasteiger partial charge in [0.1, 0.15) is 0 Å². The van der Waals surface area contributed by atoms with Crippen LogP contribution in [0.5, 0.6) is 0 Å². The molecular formula is C15H22ClNO. The van der Waals surface area contributed by atoms with Crippen LogP contribution in [-0.4, -0.2) is 5.91 Å². The number of hydrogen-bond donors (Lipinski definition) is 1. The highest BCUT2D eigenvalue weighted by molar-refractivity contribution is 6.17. The lowest BCUT2D eigenvalue weighted by atomic mass is 9.97. The van der Waals surface area contributed by atoms with Gasteiger partial charge in [-0.2, -0.15) is 0 Å². The van der Waals surface area contributed by atoms with Gasteiger partial charge >= 0.3 is 0 Å². The van der Waals surface area contributed by atoms with Gasteiger partial charge in [-0.05, 0) is 30.5 Å². The Morgan fingerprint density at radius 2 is 1.94 bits per heavy atom. The molecule has 1 aromatic rings. The van der Waals surface area contributed by atoms with Crippen molar-refractivity contribution in [3.8, 4) is 0 Å². The minimum atomic E-state index is 0.125. The van der Waals surface area contributed by atoms with E-state index in [1.54, 1.807) is 0 Å². The molecule has 1 rings (SSSR count). The first-order chi connectivity index (χ1) is 8.71. The third-order valence-corrected chi connectivity index (χ3v) is 3.30. The number of hydrogen-bond acceptors (Lipinski definition) is 1. The van der Waals surface area contributed by atoms with E-state index in [2.05, 4.69) is 19.2 Å². The van der Waals surface area contributed by atoms with Gasteiger partial charge in [0, 0.05) is 17.5 Å². The minimum Gasteiger partial charge on any atom is -0.326 e. The Morgan fingerprint density at radius 1 is 1.28 bits per heavy atom. The van der Waals surface area contributed by atoms with Crippen molar-refractivity contribution < 1.29 is 4.79 Å². The molecule has 0 unspecified atom stereocenters. The topological polar surface area (TPSA) is 29.1 Å². The van der Waals surface area contributed by atoms with E-state index >= 15 is 0 Å². The highest BCUT2D eigenvalue weighted by Gasteiger charge is 2.16. The number of rotatable bonds is 7. The Hall–Kier alpha value is -1.02. The molecule has 0 aliphatic heterocycles. The van der Waals surface area contributed by atoms with Crippen molar-refractivity contribution in [2.75, 3.05) is 5.32 Å². The van der Waals surface area contributed by atoms with Crippen molar-refractivity contribution >= 4 is 23.2 Å². The van der Waals surface area contributed by atoms with Crippen LogP contribution < -0.4 is 5.32 Å². The molecule has 0 aliphatic carbocycles. The number of alkyl halides is 1. The number of nitrogens with one attached hydrogen (secondary N) is 1. The molecule has 0 aromatic heterocycles. The molecule has 1 aromatic carbocycles. The van der Waals surface area contributed by atoms with Gasteiger partial charge in [-0.15, -0.1) is 11.6 Å². The maximum absolute atomic E-state index is 12.1. The summed E-state index contributed by atoms with van der Waals surface area (Å²) in [4.78, 5) is 12.1. The van der Waals surface area contributed by atoms with E-state index < -0.39 is 0 Å². The summed E-state index contributed by atoms with van der Waals surface area (Å²) in [6.07, 6.45) is 3.99. The predicted octanol–water partition coefficient (Wildman–Crippen LogP) is 4.58. The van der Waals surface area contributed by atoms with E-state index in [4.69, 9.17) is 11.6 Å². The average molecular weight is 268 g/mol. The fraction of sp³-hybridized carbons (Fsp3) is 0.533. The zero-order valence-corrected chi connectivity index (χ0v) is 12.0. The summed E-state index contributed by atoms with van der Waals surface area (Å²) < 4.78 is 0. The van der Waals surface area contributed by atoms with Gasteiger partial charge < -0.3 is 5.32 Å². The molecule has 2 nitrogen and oxygen atoms in total. The lowest BCUT2D eigenvalue weighted by Crippen LogP contribution is -2.22. The molecule has 0 radical (unpaired) electrons. The van der Waals surface area contributed by atoms with E-state index in [0.29, 0.717) is 5.88 Å². The highest BCUT2D eigenvalue weighted by Crippen LogP contribution is 2.18. The van der Waals surface area contributed by atoms with Crippen LogP contribution in [0.25, 0.3) is 0 Å². The lowest BCUT2D eigenvalue weighted by Gasteiger charge is -2.15. The van der Waals surface area contributed by atoms with Gasteiger partial charge in [0.2, 0.25) is 5.91 Å². The molecule has 0 fully saturated rings. The van der Waals surface area contributed by atoms with Crippen molar-refractivity contribution in [1.82, 2.24) is 0 Å². The number of carbonyl (C=O) groups is 1. The lowest BCUT2D eigenvalue weighted by molar-refractivity contribution is -0.120. The summed E-state index contributed by atoms with van der Waals surface area (Å²) in [6.45, 7) is 4.23. The highest BCUT2D eigenvalue weighted by atomic mass is 35.5. The van der Waals surface area contributed by atoms with Gasteiger partial charge in [-0.3, -0.25) is 4.79 Å². The maximum atomic E-state index is 12.1. The first-order valence-electron chi connectivity index (χ1n) is 6.67. The van der Waals surface area contributed by atoms with Crippen LogP contribution >= 0.6 is 11.6 Å². The molecule has 1 N–H and O–H groups in total. The molecule has 0 saturated heterocycles. The van der Waals surface area contributed by atoms with E-state index in [-0.39, 0.29) is 11.8 Å². The molecule has 3 heteroatoms. The van der Waals surface area contributed by atoms with Crippen LogP contribution in [0.3, 0.4) is 0 Å². The summed E-state index contributed by atoms with van der Waals surface area (Å²) in [5.74, 6) is 0.724. The van der Waals surface area contributed by atoms with Crippen LogP contribution in [-0.2, 0) is 10.7 Å². The quantitative estimate of drug-likeness (QED) is 0.720. The van der Waals surface area contributed by atoms with Crippen LogP contribution in [0, 0.1) is 5.92 Å². The van der Waals surface area contributed by atoms with E-state index in [9.17, 15) is 4.79 Å². The second-order valence-corrected chi connectivity index (χ2v) is 4.86. The first-order valence-corrected chi connectivity index (χ1v) is 7.20. The summed E-state index contributed by atoms with van der Waals surface area (Å²) >= 11 is 5.78. The van der Waals surface area contributed by atoms with Crippen LogP contribution in [0.4, 0.5) is 5.69 Å². The third-order valence-electron chi connectivity index (χ3n) is 2.99. The molecule has 0 bridgehead atoms. The fourth-order valence-corrected chi connectivity index (χ4v) is 2.25. The summed E-state index contributed by atoms with van der Waals surface area (Å²) in [7, 11) is 0. The second kappa shape index (κ2) is 8.15. The molecule has 1 amide bonds. The number of benzene rings is 1. The number of anilines is 1. The third kappa shape index (κ3) is 4.69. The zero-order valence-electron chi connectivity index (χ0n) is 11.2. The number of amides is 1. The van der Waals surface area contributed by atoms with Gasteiger partial charge in [0.25, 0.3) is 0 Å². The maximum Gasteiger partial charge on any atom is 0.227 e. The smallest absolute Gasteiger partial charge is 0.227 e. The Morgan fingerprint density at radius 3 is 2.50 bits per heavy atom. The monoisotopic (exact) mass is 267 g/mol. The summed E-state index contributed by atoms with van der Waals surface area (Å²) in [5.41, 5.74) is 1.87. The standard InChI is InChI=1S/C15H22ClNO/c1-3-6-13(7-4-2)15(18)17-14-9-5-8-12(10-14)11-16/h5,8-10,13H,3-4,6-7,11H2,1-2H3,(H,17,18). The molecule has 0 atom stereocenters. The van der Waals surface area contributed by atoms with Crippen molar-refractivity contribution in [2.24, 2.45) is 5.92 Å². The van der Waals surface area contributed by atoms with Gasteiger partial charge in [-0.25, -0.2) is 0 Å². The molecule has 0 aliphatic rings. The summed E-state index contributed by atoms with van der Waals surface area (Å²) in [6, 6.07) is 7.71. The van der Waals surface area contributed by atoms with Crippen molar-refractivity contribution in [1.29, 1.82) is 0 Å². The first kappa shape index (κ1) is 15.0. The molecule has 0 heterocycles. The predicted molar refractivity (Wildman–Crippen MR) is 77.9 cm³/mol. The molecule has 0 saturated carbocycles. The Labute approximate surface area is 115 Å². The average Bonchev–Trinajstić information content (AvgIpc) is 2.38. The van der Waals surface area contributed by atoms with Crippen molar-refractivity contribution in [2.45, 2.75) is 45.4 Å². The molecule has 100 valence electrons. The van der Waals surface area contributed by atoms with Gasteiger partial charge in [0.05, 0.1) is 0 Å². The zero-order chi connectivity index (χ0) is 13.4. The Kier molecular flexibility index (Phi) is 6.81. The largest absolute Gasteiger partial charge is 0.326 e. The number of carbonyl (C=O) groups excluding carboxylic acids is 1.